The van der Waals surface area contributed by atoms with Gasteiger partial charge in [-0.3, -0.25) is 0 Å². The van der Waals surface area contributed by atoms with Gasteiger partial charge in [0, 0.05) is 26.5 Å². The Morgan fingerprint density at radius 2 is 1.23 bits per heavy atom. The monoisotopic (exact) mass is 366 g/mol. The molecule has 2 heterocycles. The maximum Gasteiger partial charge on any atom is 0.152 e. The van der Waals surface area contributed by atoms with Crippen LogP contribution in [-0.4, -0.2) is 32.7 Å². The average Bonchev–Trinajstić information content (AvgIpc) is 2.59. The molecule has 0 spiro atoms. The van der Waals surface area contributed by atoms with E-state index in [2.05, 4.69) is 9.97 Å². The van der Waals surface area contributed by atoms with Gasteiger partial charge >= 0.3 is 0 Å². The quantitative estimate of drug-likeness (QED) is 0.582. The van der Waals surface area contributed by atoms with Gasteiger partial charge in [0.1, 0.15) is 11.6 Å². The minimum Gasteiger partial charge on any atom is -0.314 e. The topological polar surface area (TPSA) is 32.3 Å². The Kier molecular flexibility index (Phi) is 6.56. The van der Waals surface area contributed by atoms with Gasteiger partial charge in [-0.05, 0) is 45.9 Å². The Labute approximate surface area is 148 Å². The average molecular weight is 367 g/mol. The number of nitrogens with zero attached hydrogens (tertiary/aromatic N) is 4. The maximum atomic E-state index is 5.41. The molecule has 0 aliphatic rings. The first kappa shape index (κ1) is 17.1. The Bertz CT molecular complexity index is 578. The molecule has 0 amide bonds. The van der Waals surface area contributed by atoms with E-state index in [1.807, 2.05) is 60.3 Å². The molecule has 0 aliphatic carbocycles. The van der Waals surface area contributed by atoms with E-state index in [4.69, 9.17) is 24.4 Å². The summed E-state index contributed by atoms with van der Waals surface area (Å²) >= 11 is 10.8. The van der Waals surface area contributed by atoms with Crippen LogP contribution in [0.25, 0.3) is 0 Å². The normalized spacial score (nSPS) is 10.1. The van der Waals surface area contributed by atoms with E-state index in [0.717, 1.165) is 11.6 Å². The first-order chi connectivity index (χ1) is 10.6. The van der Waals surface area contributed by atoms with Crippen molar-refractivity contribution in [3.63, 3.8) is 0 Å². The third-order valence-electron chi connectivity index (χ3n) is 2.72. The smallest absolute Gasteiger partial charge is 0.152 e. The maximum absolute atomic E-state index is 5.41. The lowest BCUT2D eigenvalue weighted by Gasteiger charge is -2.20. The molecule has 0 aliphatic heterocycles. The molecule has 0 radical (unpaired) electrons. The molecule has 0 atom stereocenters. The Morgan fingerprint density at radius 1 is 0.818 bits per heavy atom. The molecule has 114 valence electrons. The number of rotatable bonds is 2. The summed E-state index contributed by atoms with van der Waals surface area (Å²) in [5.41, 5.74) is 0. The molecular formula is C14H14N4S4. The van der Waals surface area contributed by atoms with Crippen LogP contribution < -0.4 is 9.80 Å². The first-order valence-corrected chi connectivity index (χ1v) is 9.28. The molecule has 0 N–H and O–H groups in total. The van der Waals surface area contributed by atoms with Crippen LogP contribution in [0, 0.1) is 0 Å². The minimum atomic E-state index is 0.695. The first-order valence-electron chi connectivity index (χ1n) is 6.31. The highest BCUT2D eigenvalue weighted by atomic mass is 33.1. The molecular weight excluding hydrogens is 352 g/mol. The van der Waals surface area contributed by atoms with E-state index in [1.54, 1.807) is 12.4 Å². The van der Waals surface area contributed by atoms with Gasteiger partial charge in [0.15, 0.2) is 8.64 Å². The van der Waals surface area contributed by atoms with E-state index < -0.39 is 0 Å². The number of anilines is 2. The predicted molar refractivity (Wildman–Crippen MR) is 106 cm³/mol. The molecule has 0 bridgehead atoms. The zero-order valence-corrected chi connectivity index (χ0v) is 15.3. The van der Waals surface area contributed by atoms with Crippen molar-refractivity contribution in [2.45, 2.75) is 0 Å². The second-order valence-electron chi connectivity index (χ2n) is 4.19. The van der Waals surface area contributed by atoms with Gasteiger partial charge in [-0.15, -0.1) is 0 Å². The Balaban J connectivity index is 1.89. The van der Waals surface area contributed by atoms with Gasteiger partial charge < -0.3 is 9.80 Å². The summed E-state index contributed by atoms with van der Waals surface area (Å²) in [5, 5.41) is 0. The number of hydrogen-bond acceptors (Lipinski definition) is 6. The Morgan fingerprint density at radius 3 is 1.55 bits per heavy atom. The zero-order chi connectivity index (χ0) is 15.9. The fourth-order valence-electron chi connectivity index (χ4n) is 1.47. The Hall–Kier alpha value is -1.22. The van der Waals surface area contributed by atoms with Crippen LogP contribution in [0.15, 0.2) is 48.8 Å². The second kappa shape index (κ2) is 8.42. The van der Waals surface area contributed by atoms with Crippen molar-refractivity contribution < 1.29 is 0 Å². The van der Waals surface area contributed by atoms with Gasteiger partial charge in [-0.2, -0.15) is 0 Å². The van der Waals surface area contributed by atoms with E-state index in [-0.39, 0.29) is 0 Å². The van der Waals surface area contributed by atoms with E-state index in [9.17, 15) is 0 Å². The number of aromatic nitrogens is 2. The van der Waals surface area contributed by atoms with Crippen LogP contribution in [-0.2, 0) is 0 Å². The van der Waals surface area contributed by atoms with Crippen LogP contribution in [0.5, 0.6) is 0 Å². The van der Waals surface area contributed by atoms with Crippen molar-refractivity contribution in [2.75, 3.05) is 23.9 Å². The highest BCUT2D eigenvalue weighted by molar-refractivity contribution is 8.89. The summed E-state index contributed by atoms with van der Waals surface area (Å²) in [6.07, 6.45) is 3.48. The van der Waals surface area contributed by atoms with Crippen molar-refractivity contribution in [3.05, 3.63) is 48.8 Å². The lowest BCUT2D eigenvalue weighted by atomic mass is 10.4. The zero-order valence-electron chi connectivity index (χ0n) is 12.0. The van der Waals surface area contributed by atoms with Crippen LogP contribution in [0.3, 0.4) is 0 Å². The van der Waals surface area contributed by atoms with Gasteiger partial charge in [-0.1, -0.05) is 36.6 Å². The molecule has 2 aromatic rings. The summed E-state index contributed by atoms with van der Waals surface area (Å²) in [4.78, 5) is 12.3. The molecule has 8 heteroatoms. The van der Waals surface area contributed by atoms with E-state index in [0.29, 0.717) is 8.64 Å². The molecule has 0 saturated carbocycles. The minimum absolute atomic E-state index is 0.695. The van der Waals surface area contributed by atoms with Crippen molar-refractivity contribution in [3.8, 4) is 0 Å². The largest absolute Gasteiger partial charge is 0.314 e. The van der Waals surface area contributed by atoms with E-state index >= 15 is 0 Å². The second-order valence-corrected chi connectivity index (χ2v) is 7.59. The highest BCUT2D eigenvalue weighted by Gasteiger charge is 2.13. The number of pyridine rings is 2. The number of thiocarbonyl (C=S) groups is 2. The van der Waals surface area contributed by atoms with Gasteiger partial charge in [-0.25, -0.2) is 9.97 Å². The van der Waals surface area contributed by atoms with Crippen LogP contribution in [0.2, 0.25) is 0 Å². The molecule has 4 nitrogen and oxygen atoms in total. The SMILES string of the molecule is CN(C(=S)SSC(=S)N(C)c1ccccn1)c1ccccn1. The third-order valence-corrected chi connectivity index (χ3v) is 6.51. The van der Waals surface area contributed by atoms with Crippen molar-refractivity contribution in [1.82, 2.24) is 9.97 Å². The lowest BCUT2D eigenvalue weighted by Crippen LogP contribution is -2.24. The van der Waals surface area contributed by atoms with Gasteiger partial charge in [0.25, 0.3) is 0 Å². The fraction of sp³-hybridized carbons (Fsp3) is 0.143. The summed E-state index contributed by atoms with van der Waals surface area (Å²) in [7, 11) is 6.65. The van der Waals surface area contributed by atoms with Gasteiger partial charge in [0.05, 0.1) is 0 Å². The van der Waals surface area contributed by atoms with Crippen molar-refractivity contribution in [2.24, 2.45) is 0 Å². The molecule has 0 fully saturated rings. The van der Waals surface area contributed by atoms with Crippen LogP contribution in [0.1, 0.15) is 0 Å². The number of hydrogen-bond donors (Lipinski definition) is 0. The molecule has 2 aromatic heterocycles. The fourth-order valence-corrected chi connectivity index (χ4v) is 3.93. The van der Waals surface area contributed by atoms with Gasteiger partial charge in [0.2, 0.25) is 0 Å². The summed E-state index contributed by atoms with van der Waals surface area (Å²) in [6, 6.07) is 11.4. The van der Waals surface area contributed by atoms with E-state index in [1.165, 1.54) is 21.6 Å². The molecule has 0 unspecified atom stereocenters. The summed E-state index contributed by atoms with van der Waals surface area (Å²) in [6.45, 7) is 0. The van der Waals surface area contributed by atoms with Crippen molar-refractivity contribution in [1.29, 1.82) is 0 Å². The van der Waals surface area contributed by atoms with Crippen molar-refractivity contribution >= 4 is 66.3 Å². The standard InChI is InChI=1S/C14H14N4S4/c1-17(11-7-3-5-9-15-11)13(19)21-22-14(20)18(2)12-8-4-6-10-16-12/h3-10H,1-2H3. The summed E-state index contributed by atoms with van der Waals surface area (Å²) < 4.78 is 1.39. The summed E-state index contributed by atoms with van der Waals surface area (Å²) in [5.74, 6) is 1.62. The molecule has 22 heavy (non-hydrogen) atoms. The van der Waals surface area contributed by atoms with Crippen LogP contribution >= 0.6 is 46.0 Å². The lowest BCUT2D eigenvalue weighted by molar-refractivity contribution is 1.19. The third kappa shape index (κ3) is 4.64. The van der Waals surface area contributed by atoms with Crippen LogP contribution in [0.4, 0.5) is 11.6 Å². The molecule has 2 rings (SSSR count). The molecule has 0 aromatic carbocycles. The molecule has 0 saturated heterocycles. The highest BCUT2D eigenvalue weighted by Crippen LogP contribution is 2.30. The predicted octanol–water partition coefficient (Wildman–Crippen LogP) is 4.00.